The molecular formula is C3H11NNaO4P. The molecule has 1 unspecified atom stereocenters. The van der Waals surface area contributed by atoms with Crippen molar-refractivity contribution in [3.8, 4) is 0 Å². The van der Waals surface area contributed by atoms with E-state index in [9.17, 15) is 4.57 Å². The molecule has 5 nitrogen and oxygen atoms in total. The standard InChI is InChI=1S/C3H10NO4P.Na.H/c4-3-8-9(6)7-2-1-5;;/h5,9H,1-4H2;;. The van der Waals surface area contributed by atoms with E-state index in [1.54, 1.807) is 0 Å². The first-order chi connectivity index (χ1) is 4.31. The van der Waals surface area contributed by atoms with Crippen molar-refractivity contribution in [1.29, 1.82) is 0 Å². The van der Waals surface area contributed by atoms with Crippen LogP contribution in [0.25, 0.3) is 0 Å². The molecule has 0 aliphatic carbocycles. The maximum absolute atomic E-state index is 10.4. The summed E-state index contributed by atoms with van der Waals surface area (Å²) in [5, 5.41) is 8.15. The summed E-state index contributed by atoms with van der Waals surface area (Å²) >= 11 is 0. The first-order valence-corrected chi connectivity index (χ1v) is 3.64. The molecule has 58 valence electrons. The first-order valence-electron chi connectivity index (χ1n) is 2.41. The second-order valence-electron chi connectivity index (χ2n) is 1.13. The quantitative estimate of drug-likeness (QED) is 0.310. The van der Waals surface area contributed by atoms with Crippen LogP contribution in [-0.4, -0.2) is 54.6 Å². The first kappa shape index (κ1) is 13.6. The Labute approximate surface area is 82.1 Å². The molecule has 7 heteroatoms. The van der Waals surface area contributed by atoms with Gasteiger partial charge in [0.1, 0.15) is 6.73 Å². The fourth-order valence-corrected chi connectivity index (χ4v) is 0.716. The summed E-state index contributed by atoms with van der Waals surface area (Å²) in [4.78, 5) is 0. The predicted molar refractivity (Wildman–Crippen MR) is 39.3 cm³/mol. The predicted octanol–water partition coefficient (Wildman–Crippen LogP) is -1.33. The Balaban J connectivity index is 0. The van der Waals surface area contributed by atoms with Crippen molar-refractivity contribution < 1.29 is 18.7 Å². The molecule has 0 aliphatic rings. The van der Waals surface area contributed by atoms with Gasteiger partial charge < -0.3 is 15.4 Å². The molecule has 0 aromatic carbocycles. The van der Waals surface area contributed by atoms with E-state index >= 15 is 0 Å². The van der Waals surface area contributed by atoms with Crippen LogP contribution in [0, 0.1) is 0 Å². The summed E-state index contributed by atoms with van der Waals surface area (Å²) in [5.74, 6) is 0. The topological polar surface area (TPSA) is 81.8 Å². The molecule has 0 saturated heterocycles. The SMILES string of the molecule is NCO[PH](=O)OCCO.[NaH]. The van der Waals surface area contributed by atoms with Crippen LogP contribution in [-0.2, 0) is 13.6 Å². The van der Waals surface area contributed by atoms with Crippen LogP contribution >= 0.6 is 8.25 Å². The Morgan fingerprint density at radius 2 is 2.10 bits per heavy atom. The zero-order valence-electron chi connectivity index (χ0n) is 4.87. The summed E-state index contributed by atoms with van der Waals surface area (Å²) < 4.78 is 19.1. The van der Waals surface area contributed by atoms with E-state index in [4.69, 9.17) is 10.8 Å². The monoisotopic (exact) mass is 179 g/mol. The molecular weight excluding hydrogens is 168 g/mol. The van der Waals surface area contributed by atoms with Gasteiger partial charge in [0.15, 0.2) is 0 Å². The summed E-state index contributed by atoms with van der Waals surface area (Å²) in [7, 11) is -2.44. The van der Waals surface area contributed by atoms with Gasteiger partial charge in [-0.25, -0.2) is 0 Å². The van der Waals surface area contributed by atoms with Gasteiger partial charge in [-0.2, -0.15) is 0 Å². The molecule has 0 fully saturated rings. The third-order valence-electron chi connectivity index (χ3n) is 0.512. The van der Waals surface area contributed by atoms with Crippen LogP contribution in [0.1, 0.15) is 0 Å². The Bertz CT molecular complexity index is 92.6. The van der Waals surface area contributed by atoms with Gasteiger partial charge in [-0.15, -0.1) is 0 Å². The minimum absolute atomic E-state index is 0. The Morgan fingerprint density at radius 1 is 1.50 bits per heavy atom. The van der Waals surface area contributed by atoms with E-state index in [2.05, 4.69) is 9.05 Å². The van der Waals surface area contributed by atoms with Gasteiger partial charge in [-0.3, -0.25) is 9.09 Å². The van der Waals surface area contributed by atoms with Crippen LogP contribution in [0.4, 0.5) is 0 Å². The van der Waals surface area contributed by atoms with Crippen molar-refractivity contribution in [3.63, 3.8) is 0 Å². The fourth-order valence-electron chi connectivity index (χ4n) is 0.239. The van der Waals surface area contributed by atoms with Crippen molar-refractivity contribution in [3.05, 3.63) is 0 Å². The molecule has 10 heavy (non-hydrogen) atoms. The third-order valence-corrected chi connectivity index (χ3v) is 1.35. The van der Waals surface area contributed by atoms with Gasteiger partial charge in [-0.1, -0.05) is 0 Å². The Morgan fingerprint density at radius 3 is 2.50 bits per heavy atom. The molecule has 0 amide bonds. The van der Waals surface area contributed by atoms with Crippen LogP contribution in [0.5, 0.6) is 0 Å². The van der Waals surface area contributed by atoms with E-state index in [-0.39, 0.29) is 49.5 Å². The molecule has 0 aromatic heterocycles. The average molecular weight is 179 g/mol. The number of aliphatic hydroxyl groups excluding tert-OH is 1. The molecule has 1 atom stereocenters. The second-order valence-corrected chi connectivity index (χ2v) is 2.21. The van der Waals surface area contributed by atoms with Crippen molar-refractivity contribution in [2.75, 3.05) is 19.9 Å². The van der Waals surface area contributed by atoms with Crippen LogP contribution in [0.2, 0.25) is 0 Å². The van der Waals surface area contributed by atoms with E-state index in [1.165, 1.54) is 0 Å². The molecule has 0 bridgehead atoms. The van der Waals surface area contributed by atoms with E-state index in [1.807, 2.05) is 0 Å². The van der Waals surface area contributed by atoms with Crippen molar-refractivity contribution in [1.82, 2.24) is 0 Å². The van der Waals surface area contributed by atoms with Gasteiger partial charge in [0, 0.05) is 0 Å². The van der Waals surface area contributed by atoms with Gasteiger partial charge >= 0.3 is 37.8 Å². The molecule has 3 N–H and O–H groups in total. The van der Waals surface area contributed by atoms with Crippen molar-refractivity contribution >= 4 is 37.8 Å². The number of rotatable bonds is 5. The maximum atomic E-state index is 10.4. The summed E-state index contributed by atoms with van der Waals surface area (Å²) in [5.41, 5.74) is 4.86. The zero-order valence-corrected chi connectivity index (χ0v) is 5.87. The van der Waals surface area contributed by atoms with Gasteiger partial charge in [0.2, 0.25) is 0 Å². The van der Waals surface area contributed by atoms with Crippen LogP contribution < -0.4 is 5.73 Å². The van der Waals surface area contributed by atoms with Gasteiger partial charge in [0.25, 0.3) is 0 Å². The fraction of sp³-hybridized carbons (Fsp3) is 1.00. The van der Waals surface area contributed by atoms with Crippen molar-refractivity contribution in [2.24, 2.45) is 5.73 Å². The number of hydrogen-bond donors (Lipinski definition) is 2. The summed E-state index contributed by atoms with van der Waals surface area (Å²) in [6.45, 7) is -0.259. The van der Waals surface area contributed by atoms with Crippen LogP contribution in [0.15, 0.2) is 0 Å². The number of nitrogens with two attached hydrogens (primary N) is 1. The normalized spacial score (nSPS) is 12.2. The minimum atomic E-state index is -2.44. The number of aliphatic hydroxyl groups is 1. The van der Waals surface area contributed by atoms with E-state index in [0.717, 1.165) is 0 Å². The molecule has 0 aliphatic heterocycles. The zero-order chi connectivity index (χ0) is 7.11. The second kappa shape index (κ2) is 10.1. The van der Waals surface area contributed by atoms with Crippen molar-refractivity contribution in [2.45, 2.75) is 0 Å². The van der Waals surface area contributed by atoms with E-state index < -0.39 is 8.25 Å². The van der Waals surface area contributed by atoms with Gasteiger partial charge in [-0.05, 0) is 0 Å². The third kappa shape index (κ3) is 9.07. The van der Waals surface area contributed by atoms with E-state index in [0.29, 0.717) is 0 Å². The molecule has 0 rings (SSSR count). The Hall–Kier alpha value is 1.07. The van der Waals surface area contributed by atoms with Crippen LogP contribution in [0.3, 0.4) is 0 Å². The summed E-state index contributed by atoms with van der Waals surface area (Å²) in [6, 6.07) is 0. The molecule has 0 spiro atoms. The molecule has 0 radical (unpaired) electrons. The Kier molecular flexibility index (Phi) is 13.7. The average Bonchev–Trinajstić information content (AvgIpc) is 1.85. The molecule has 0 heterocycles. The number of hydrogen-bond acceptors (Lipinski definition) is 5. The molecule has 0 aromatic rings. The van der Waals surface area contributed by atoms with Gasteiger partial charge in [0.05, 0.1) is 13.2 Å². The summed E-state index contributed by atoms with van der Waals surface area (Å²) in [6.07, 6.45) is 0. The molecule has 0 saturated carbocycles.